The number of halogens is 2. The second-order valence-corrected chi connectivity index (χ2v) is 7.59. The molecule has 0 spiro atoms. The van der Waals surface area contributed by atoms with Crippen molar-refractivity contribution < 1.29 is 5.11 Å². The number of phenolic OH excluding ortho intramolecular Hbond substituents is 1. The fourth-order valence-electron chi connectivity index (χ4n) is 2.02. The maximum absolute atomic E-state index is 10.0. The van der Waals surface area contributed by atoms with Crippen LogP contribution in [-0.2, 0) is 6.42 Å². The number of nitrogens with zero attached hydrogens (tertiary/aromatic N) is 3. The fraction of sp³-hybridized carbons (Fsp3) is 0.133. The number of rotatable bonds is 4. The molecule has 8 heteroatoms. The molecule has 0 unspecified atom stereocenters. The van der Waals surface area contributed by atoms with E-state index in [2.05, 4.69) is 65.3 Å². The molecule has 2 heterocycles. The van der Waals surface area contributed by atoms with Gasteiger partial charge in [0.25, 0.3) is 0 Å². The molecular formula is C15H12Br2N4OS. The van der Waals surface area contributed by atoms with Crippen LogP contribution in [0.2, 0.25) is 0 Å². The number of fused-ring (bicyclic) bond motifs is 1. The maximum Gasteiger partial charge on any atom is 0.158 e. The Morgan fingerprint density at radius 3 is 2.91 bits per heavy atom. The minimum Gasteiger partial charge on any atom is -0.506 e. The highest BCUT2D eigenvalue weighted by molar-refractivity contribution is 9.11. The summed E-state index contributed by atoms with van der Waals surface area (Å²) in [5.74, 6) is 0.783. The van der Waals surface area contributed by atoms with Gasteiger partial charge in [-0.1, -0.05) is 22.9 Å². The van der Waals surface area contributed by atoms with Crippen LogP contribution in [-0.4, -0.2) is 21.3 Å². The topological polar surface area (TPSA) is 70.4 Å². The number of anilines is 1. The molecule has 118 valence electrons. The quantitative estimate of drug-likeness (QED) is 0.432. The van der Waals surface area contributed by atoms with Gasteiger partial charge in [0.05, 0.1) is 16.1 Å². The summed E-state index contributed by atoms with van der Waals surface area (Å²) >= 11 is 8.33. The van der Waals surface area contributed by atoms with Gasteiger partial charge in [-0.3, -0.25) is 5.43 Å². The summed E-state index contributed by atoms with van der Waals surface area (Å²) in [5, 5.41) is 15.1. The number of hydrogen-bond acceptors (Lipinski definition) is 6. The Morgan fingerprint density at radius 1 is 1.30 bits per heavy atom. The Labute approximate surface area is 153 Å². The molecule has 0 saturated carbocycles. The lowest BCUT2D eigenvalue weighted by atomic mass is 10.2. The van der Waals surface area contributed by atoms with Crippen LogP contribution in [0.5, 0.6) is 5.75 Å². The lowest BCUT2D eigenvalue weighted by Gasteiger charge is -2.03. The number of thiophene rings is 1. The molecule has 23 heavy (non-hydrogen) atoms. The summed E-state index contributed by atoms with van der Waals surface area (Å²) < 4.78 is 1.45. The molecule has 0 aliphatic heterocycles. The third-order valence-electron chi connectivity index (χ3n) is 3.16. The molecule has 0 fully saturated rings. The van der Waals surface area contributed by atoms with E-state index < -0.39 is 0 Å². The number of aromatic nitrogens is 2. The predicted molar refractivity (Wildman–Crippen MR) is 102 cm³/mol. The number of aromatic hydroxyl groups is 1. The van der Waals surface area contributed by atoms with Gasteiger partial charge in [0.1, 0.15) is 16.9 Å². The second-order valence-electron chi connectivity index (χ2n) is 4.70. The summed E-state index contributed by atoms with van der Waals surface area (Å²) in [4.78, 5) is 10.7. The number of aryl methyl sites for hydroxylation is 1. The Bertz CT molecular complexity index is 895. The smallest absolute Gasteiger partial charge is 0.158 e. The Morgan fingerprint density at radius 2 is 2.13 bits per heavy atom. The van der Waals surface area contributed by atoms with Gasteiger partial charge < -0.3 is 5.11 Å². The molecule has 0 saturated heterocycles. The number of benzene rings is 1. The Balaban J connectivity index is 1.87. The molecule has 3 aromatic rings. The van der Waals surface area contributed by atoms with Crippen molar-refractivity contribution in [2.45, 2.75) is 13.3 Å². The molecule has 0 atom stereocenters. The molecule has 0 bridgehead atoms. The molecule has 2 N–H and O–H groups in total. The first-order valence-electron chi connectivity index (χ1n) is 6.79. The van der Waals surface area contributed by atoms with Gasteiger partial charge in [-0.05, 0) is 40.5 Å². The number of hydrazone groups is 1. The zero-order valence-corrected chi connectivity index (χ0v) is 16.0. The highest BCUT2D eigenvalue weighted by atomic mass is 79.9. The van der Waals surface area contributed by atoms with Crippen LogP contribution in [0.3, 0.4) is 0 Å². The highest BCUT2D eigenvalue weighted by Crippen LogP contribution is 2.31. The van der Waals surface area contributed by atoms with E-state index in [0.717, 1.165) is 21.1 Å². The van der Waals surface area contributed by atoms with Gasteiger partial charge in [0.2, 0.25) is 0 Å². The monoisotopic (exact) mass is 454 g/mol. The largest absolute Gasteiger partial charge is 0.506 e. The van der Waals surface area contributed by atoms with Crippen LogP contribution < -0.4 is 5.43 Å². The minimum atomic E-state index is 0.135. The fourth-order valence-corrected chi connectivity index (χ4v) is 4.21. The van der Waals surface area contributed by atoms with Crippen LogP contribution in [0, 0.1) is 0 Å². The molecule has 1 aromatic carbocycles. The Kier molecular flexibility index (Phi) is 4.93. The number of phenols is 1. The van der Waals surface area contributed by atoms with Crippen molar-refractivity contribution in [3.05, 3.63) is 43.9 Å². The second kappa shape index (κ2) is 6.94. The van der Waals surface area contributed by atoms with Gasteiger partial charge in [-0.2, -0.15) is 5.10 Å². The zero-order chi connectivity index (χ0) is 16.4. The highest BCUT2D eigenvalue weighted by Gasteiger charge is 2.08. The summed E-state index contributed by atoms with van der Waals surface area (Å²) in [6, 6.07) is 5.62. The van der Waals surface area contributed by atoms with Crippen molar-refractivity contribution in [1.82, 2.24) is 9.97 Å². The van der Waals surface area contributed by atoms with E-state index in [1.54, 1.807) is 29.7 Å². The zero-order valence-electron chi connectivity index (χ0n) is 12.0. The lowest BCUT2D eigenvalue weighted by molar-refractivity contribution is 0.471. The third kappa shape index (κ3) is 3.54. The number of nitrogens with one attached hydrogen (secondary N) is 1. The van der Waals surface area contributed by atoms with Crippen LogP contribution in [0.1, 0.15) is 17.4 Å². The van der Waals surface area contributed by atoms with Crippen molar-refractivity contribution in [1.29, 1.82) is 0 Å². The van der Waals surface area contributed by atoms with E-state index >= 15 is 0 Å². The van der Waals surface area contributed by atoms with E-state index in [1.807, 2.05) is 0 Å². The molecule has 0 aliphatic rings. The van der Waals surface area contributed by atoms with Crippen LogP contribution in [0.25, 0.3) is 10.2 Å². The molecule has 3 rings (SSSR count). The maximum atomic E-state index is 10.0. The first-order valence-corrected chi connectivity index (χ1v) is 9.19. The van der Waals surface area contributed by atoms with E-state index in [0.29, 0.717) is 15.9 Å². The van der Waals surface area contributed by atoms with Gasteiger partial charge in [0, 0.05) is 14.9 Å². The Hall–Kier alpha value is -1.51. The normalized spacial score (nSPS) is 11.4. The number of hydrogen-bond donors (Lipinski definition) is 2. The average molecular weight is 456 g/mol. The minimum absolute atomic E-state index is 0.135. The first-order chi connectivity index (χ1) is 11.1. The molecule has 0 amide bonds. The van der Waals surface area contributed by atoms with Crippen molar-refractivity contribution in [2.75, 3.05) is 5.43 Å². The summed E-state index contributed by atoms with van der Waals surface area (Å²) in [5.41, 5.74) is 3.51. The first kappa shape index (κ1) is 16.4. The summed E-state index contributed by atoms with van der Waals surface area (Å²) in [6.45, 7) is 2.11. The molecule has 5 nitrogen and oxygen atoms in total. The van der Waals surface area contributed by atoms with E-state index in [9.17, 15) is 5.11 Å². The van der Waals surface area contributed by atoms with Gasteiger partial charge >= 0.3 is 0 Å². The lowest BCUT2D eigenvalue weighted by Crippen LogP contribution is -1.95. The SMILES string of the molecule is CCc1cc2c(NN=Cc3cc(Br)cc(Br)c3O)ncnc2s1. The van der Waals surface area contributed by atoms with E-state index in [1.165, 1.54) is 11.2 Å². The average Bonchev–Trinajstić information content (AvgIpc) is 2.96. The molecule has 0 aliphatic carbocycles. The predicted octanol–water partition coefficient (Wildman–Crippen LogP) is 4.93. The van der Waals surface area contributed by atoms with Crippen molar-refractivity contribution >= 4 is 65.4 Å². The van der Waals surface area contributed by atoms with Crippen LogP contribution in [0.15, 0.2) is 38.6 Å². The van der Waals surface area contributed by atoms with Crippen molar-refractivity contribution in [3.8, 4) is 5.75 Å². The summed E-state index contributed by atoms with van der Waals surface area (Å²) in [6.07, 6.45) is 4.03. The van der Waals surface area contributed by atoms with Gasteiger partial charge in [0.15, 0.2) is 5.82 Å². The van der Waals surface area contributed by atoms with E-state index in [-0.39, 0.29) is 5.75 Å². The van der Waals surface area contributed by atoms with Crippen molar-refractivity contribution in [3.63, 3.8) is 0 Å². The molecule has 2 aromatic heterocycles. The third-order valence-corrected chi connectivity index (χ3v) is 5.41. The van der Waals surface area contributed by atoms with Crippen LogP contribution in [0.4, 0.5) is 5.82 Å². The summed E-state index contributed by atoms with van der Waals surface area (Å²) in [7, 11) is 0. The van der Waals surface area contributed by atoms with E-state index in [4.69, 9.17) is 0 Å². The van der Waals surface area contributed by atoms with Crippen LogP contribution >= 0.6 is 43.2 Å². The standard InChI is InChI=1S/C15H12Br2N4OS/c1-2-10-5-11-14(18-7-19-15(11)23-10)21-20-6-8-3-9(16)4-12(17)13(8)22/h3-7,22H,2H2,1H3,(H,18,19,21). The molecule has 0 radical (unpaired) electrons. The van der Waals surface area contributed by atoms with Crippen molar-refractivity contribution in [2.24, 2.45) is 5.10 Å². The van der Waals surface area contributed by atoms with Gasteiger partial charge in [-0.25, -0.2) is 9.97 Å². The van der Waals surface area contributed by atoms with Gasteiger partial charge in [-0.15, -0.1) is 11.3 Å². The molecular weight excluding hydrogens is 444 g/mol.